The number of likely N-dealkylation sites (N-methyl/N-ethyl adjacent to an activating group) is 1. The van der Waals surface area contributed by atoms with E-state index in [1.165, 1.54) is 29.6 Å². The fraction of sp³-hybridized carbons (Fsp3) is 0.650. The van der Waals surface area contributed by atoms with E-state index in [0.29, 0.717) is 37.2 Å². The molecule has 28 heavy (non-hydrogen) atoms. The lowest BCUT2D eigenvalue weighted by Crippen LogP contribution is -3.19. The highest BCUT2D eigenvalue weighted by molar-refractivity contribution is 7.89. The van der Waals surface area contributed by atoms with Gasteiger partial charge in [0, 0.05) is 18.1 Å². The molecule has 1 saturated carbocycles. The first-order chi connectivity index (χ1) is 13.3. The number of amides is 1. The average Bonchev–Trinajstić information content (AvgIpc) is 2.73. The molecule has 1 N–H and O–H groups in total. The molecule has 1 amide bonds. The molecule has 1 aromatic carbocycles. The molecule has 0 aromatic heterocycles. The van der Waals surface area contributed by atoms with Gasteiger partial charge in [0.05, 0.1) is 31.1 Å². The molecule has 0 unspecified atom stereocenters. The van der Waals surface area contributed by atoms with Crippen molar-refractivity contribution in [2.24, 2.45) is 0 Å². The summed E-state index contributed by atoms with van der Waals surface area (Å²) >= 11 is 5.95. The van der Waals surface area contributed by atoms with E-state index in [-0.39, 0.29) is 16.8 Å². The third kappa shape index (κ3) is 4.70. The summed E-state index contributed by atoms with van der Waals surface area (Å²) < 4.78 is 27.2. The van der Waals surface area contributed by atoms with Gasteiger partial charge in [0.25, 0.3) is 5.91 Å². The third-order valence-corrected chi connectivity index (χ3v) is 8.38. The van der Waals surface area contributed by atoms with Crippen molar-refractivity contribution in [3.05, 3.63) is 29.3 Å². The van der Waals surface area contributed by atoms with E-state index in [0.717, 1.165) is 17.7 Å². The quantitative estimate of drug-likeness (QED) is 0.771. The second-order valence-corrected chi connectivity index (χ2v) is 10.4. The summed E-state index contributed by atoms with van der Waals surface area (Å²) in [6.07, 6.45) is 5.85. The van der Waals surface area contributed by atoms with Crippen LogP contribution in [0, 0.1) is 0 Å². The molecule has 3 rings (SSSR count). The predicted molar refractivity (Wildman–Crippen MR) is 110 cm³/mol. The number of hydrogen-bond donors (Lipinski definition) is 1. The zero-order valence-corrected chi connectivity index (χ0v) is 18.3. The van der Waals surface area contributed by atoms with Gasteiger partial charge in [-0.15, -0.1) is 0 Å². The molecular weight excluding hydrogens is 398 g/mol. The van der Waals surface area contributed by atoms with Crippen molar-refractivity contribution >= 4 is 27.5 Å². The standard InChI is InChI=1S/C20H30ClN3O3S/c1-16(20(25)22(2)18-8-4-3-5-9-18)23-11-13-24(14-12-23)28(26,27)19-10-6-7-17(21)15-19/h6-7,10,15-16,18H,3-5,8-9,11-14H2,1-2H3/p+1/t16-/m1/s1. The van der Waals surface area contributed by atoms with Crippen molar-refractivity contribution in [3.8, 4) is 0 Å². The Morgan fingerprint density at radius 1 is 1.21 bits per heavy atom. The molecule has 1 aromatic rings. The molecule has 1 saturated heterocycles. The largest absolute Gasteiger partial charge is 0.338 e. The molecule has 1 aliphatic carbocycles. The van der Waals surface area contributed by atoms with E-state index in [1.807, 2.05) is 18.9 Å². The molecule has 0 radical (unpaired) electrons. The molecule has 6 nitrogen and oxygen atoms in total. The van der Waals surface area contributed by atoms with Crippen molar-refractivity contribution in [1.29, 1.82) is 0 Å². The summed E-state index contributed by atoms with van der Waals surface area (Å²) in [5.74, 6) is 0.174. The highest BCUT2D eigenvalue weighted by Gasteiger charge is 2.36. The van der Waals surface area contributed by atoms with Crippen molar-refractivity contribution in [2.75, 3.05) is 33.2 Å². The van der Waals surface area contributed by atoms with Gasteiger partial charge < -0.3 is 9.80 Å². The van der Waals surface area contributed by atoms with Crippen LogP contribution in [-0.2, 0) is 14.8 Å². The van der Waals surface area contributed by atoms with Crippen LogP contribution in [0.5, 0.6) is 0 Å². The van der Waals surface area contributed by atoms with Gasteiger partial charge in [-0.3, -0.25) is 4.79 Å². The fourth-order valence-electron chi connectivity index (χ4n) is 4.35. The Labute approximate surface area is 173 Å². The molecule has 8 heteroatoms. The highest BCUT2D eigenvalue weighted by Crippen LogP contribution is 2.22. The molecule has 2 aliphatic rings. The zero-order chi connectivity index (χ0) is 20.3. The van der Waals surface area contributed by atoms with Gasteiger partial charge in [-0.2, -0.15) is 4.31 Å². The number of piperazine rings is 1. The zero-order valence-electron chi connectivity index (χ0n) is 16.7. The Bertz CT molecular complexity index is 788. The summed E-state index contributed by atoms with van der Waals surface area (Å²) in [7, 11) is -1.62. The van der Waals surface area contributed by atoms with Crippen molar-refractivity contribution in [3.63, 3.8) is 0 Å². The molecule has 156 valence electrons. The van der Waals surface area contributed by atoms with Crippen LogP contribution in [0.3, 0.4) is 0 Å². The normalized spacial score (nSPS) is 21.4. The van der Waals surface area contributed by atoms with Crippen molar-refractivity contribution in [1.82, 2.24) is 9.21 Å². The molecule has 1 atom stereocenters. The summed E-state index contributed by atoms with van der Waals surface area (Å²) in [5.41, 5.74) is 0. The fourth-order valence-corrected chi connectivity index (χ4v) is 6.09. The minimum atomic E-state index is -3.55. The number of nitrogens with one attached hydrogen (secondary N) is 1. The number of hydrogen-bond acceptors (Lipinski definition) is 3. The number of carbonyl (C=O) groups excluding carboxylic acids is 1. The van der Waals surface area contributed by atoms with Gasteiger partial charge in [-0.1, -0.05) is 36.9 Å². The topological polar surface area (TPSA) is 62.1 Å². The lowest BCUT2D eigenvalue weighted by atomic mass is 9.94. The molecule has 0 spiro atoms. The Kier molecular flexibility index (Phi) is 7.02. The molecular formula is C20H31ClN3O3S+. The monoisotopic (exact) mass is 428 g/mol. The SMILES string of the molecule is C[C@H](C(=O)N(C)C1CCCCC1)[NH+]1CCN(S(=O)(=O)c2cccc(Cl)c2)CC1. The lowest BCUT2D eigenvalue weighted by Gasteiger charge is -2.37. The Morgan fingerprint density at radius 3 is 2.46 bits per heavy atom. The van der Waals surface area contributed by atoms with Crippen LogP contribution in [0.25, 0.3) is 0 Å². The number of benzene rings is 1. The number of halogens is 1. The average molecular weight is 429 g/mol. The molecule has 0 bridgehead atoms. The Hall–Kier alpha value is -1.15. The van der Waals surface area contributed by atoms with E-state index < -0.39 is 10.0 Å². The predicted octanol–water partition coefficient (Wildman–Crippen LogP) is 1.41. The van der Waals surface area contributed by atoms with E-state index in [2.05, 4.69) is 0 Å². The molecule has 1 aliphatic heterocycles. The van der Waals surface area contributed by atoms with Gasteiger partial charge >= 0.3 is 0 Å². The highest BCUT2D eigenvalue weighted by atomic mass is 35.5. The summed E-state index contributed by atoms with van der Waals surface area (Å²) in [6.45, 7) is 4.05. The Balaban J connectivity index is 1.59. The minimum Gasteiger partial charge on any atom is -0.338 e. The second-order valence-electron chi connectivity index (χ2n) is 7.98. The Morgan fingerprint density at radius 2 is 1.86 bits per heavy atom. The second kappa shape index (κ2) is 9.11. The van der Waals surface area contributed by atoms with E-state index in [9.17, 15) is 13.2 Å². The van der Waals surface area contributed by atoms with Crippen molar-refractivity contribution in [2.45, 2.75) is 56.0 Å². The van der Waals surface area contributed by atoms with E-state index in [4.69, 9.17) is 11.6 Å². The number of sulfonamides is 1. The smallest absolute Gasteiger partial charge is 0.280 e. The van der Waals surface area contributed by atoms with Crippen LogP contribution in [0.1, 0.15) is 39.0 Å². The van der Waals surface area contributed by atoms with Gasteiger partial charge in [0.2, 0.25) is 10.0 Å². The van der Waals surface area contributed by atoms with Gasteiger partial charge in [0.15, 0.2) is 6.04 Å². The maximum Gasteiger partial charge on any atom is 0.280 e. The first-order valence-corrected chi connectivity index (χ1v) is 12.0. The van der Waals surface area contributed by atoms with Crippen LogP contribution in [0.2, 0.25) is 5.02 Å². The minimum absolute atomic E-state index is 0.150. The summed E-state index contributed by atoms with van der Waals surface area (Å²) in [5, 5.41) is 0.412. The number of quaternary nitrogens is 1. The van der Waals surface area contributed by atoms with Crippen LogP contribution >= 0.6 is 11.6 Å². The summed E-state index contributed by atoms with van der Waals surface area (Å²) in [6, 6.07) is 6.58. The van der Waals surface area contributed by atoms with Gasteiger partial charge in [-0.05, 0) is 38.0 Å². The lowest BCUT2D eigenvalue weighted by molar-refractivity contribution is -0.918. The van der Waals surface area contributed by atoms with E-state index in [1.54, 1.807) is 18.2 Å². The van der Waals surface area contributed by atoms with Gasteiger partial charge in [0.1, 0.15) is 0 Å². The van der Waals surface area contributed by atoms with Crippen molar-refractivity contribution < 1.29 is 18.1 Å². The van der Waals surface area contributed by atoms with Crippen LogP contribution in [0.4, 0.5) is 0 Å². The van der Waals surface area contributed by atoms with Crippen LogP contribution < -0.4 is 4.90 Å². The van der Waals surface area contributed by atoms with Crippen LogP contribution in [-0.4, -0.2) is 68.8 Å². The summed E-state index contributed by atoms with van der Waals surface area (Å²) in [4.78, 5) is 16.3. The first-order valence-electron chi connectivity index (χ1n) is 10.2. The van der Waals surface area contributed by atoms with Gasteiger partial charge in [-0.25, -0.2) is 8.42 Å². The number of carbonyl (C=O) groups is 1. The third-order valence-electron chi connectivity index (χ3n) is 6.25. The maximum absolute atomic E-state index is 12.9. The van der Waals surface area contributed by atoms with Crippen LogP contribution in [0.15, 0.2) is 29.2 Å². The molecule has 1 heterocycles. The van der Waals surface area contributed by atoms with E-state index >= 15 is 0 Å². The maximum atomic E-state index is 12.9. The molecule has 2 fully saturated rings. The number of nitrogens with zero attached hydrogens (tertiary/aromatic N) is 2. The number of rotatable bonds is 5. The first kappa shape index (κ1) is 21.6.